The molecule has 8 nitrogen and oxygen atoms in total. The largest absolute Gasteiger partial charge is 0.412 e. The number of aldehydes is 1. The van der Waals surface area contributed by atoms with Gasteiger partial charge < -0.3 is 41.3 Å². The van der Waals surface area contributed by atoms with Crippen LogP contribution < -0.4 is 0 Å². The maximum absolute atomic E-state index is 9.90. The third-order valence-electron chi connectivity index (χ3n) is 1.42. The van der Waals surface area contributed by atoms with Crippen LogP contribution in [0.1, 0.15) is 0 Å². The minimum Gasteiger partial charge on any atom is -0.412 e. The lowest BCUT2D eigenvalue weighted by molar-refractivity contribution is -0.136. The summed E-state index contributed by atoms with van der Waals surface area (Å²) in [5.41, 5.74) is 0. The van der Waals surface area contributed by atoms with Crippen LogP contribution in [0.5, 0.6) is 0 Å². The van der Waals surface area contributed by atoms with Crippen molar-refractivity contribution in [1.29, 1.82) is 0 Å². The number of hydrogen-bond acceptors (Lipinski definition) is 6. The van der Waals surface area contributed by atoms with E-state index in [1.54, 1.807) is 0 Å². The van der Waals surface area contributed by atoms with E-state index in [1.165, 1.54) is 0 Å². The Kier molecular flexibility index (Phi) is 12.2. The van der Waals surface area contributed by atoms with E-state index in [9.17, 15) is 4.79 Å². The van der Waals surface area contributed by atoms with Crippen LogP contribution in [0.2, 0.25) is 0 Å². The molecular formula is C6H16O8. The summed E-state index contributed by atoms with van der Waals surface area (Å²) in [5, 5.41) is 43.5. The topological polar surface area (TPSA) is 181 Å². The fourth-order valence-electron chi connectivity index (χ4n) is 0.618. The van der Waals surface area contributed by atoms with Crippen molar-refractivity contribution in [3.8, 4) is 0 Å². The first kappa shape index (κ1) is 19.0. The van der Waals surface area contributed by atoms with E-state index in [4.69, 9.17) is 25.5 Å². The summed E-state index contributed by atoms with van der Waals surface area (Å²) in [5.74, 6) is 0. The maximum atomic E-state index is 9.90. The molecule has 0 aromatic carbocycles. The Labute approximate surface area is 79.7 Å². The number of aliphatic hydroxyl groups is 5. The van der Waals surface area contributed by atoms with E-state index in [0.717, 1.165) is 0 Å². The molecule has 0 aliphatic rings. The summed E-state index contributed by atoms with van der Waals surface area (Å²) in [7, 11) is 0. The number of carbonyl (C=O) groups is 1. The zero-order valence-electron chi connectivity index (χ0n) is 7.24. The van der Waals surface area contributed by atoms with Gasteiger partial charge in [0.25, 0.3) is 0 Å². The molecule has 0 heterocycles. The van der Waals surface area contributed by atoms with Gasteiger partial charge in [-0.05, 0) is 0 Å². The molecule has 0 rings (SSSR count). The molecule has 0 saturated carbocycles. The zero-order chi connectivity index (χ0) is 9.72. The van der Waals surface area contributed by atoms with Crippen LogP contribution in [0.4, 0.5) is 0 Å². The van der Waals surface area contributed by atoms with Gasteiger partial charge in [-0.25, -0.2) is 0 Å². The maximum Gasteiger partial charge on any atom is 0.151 e. The summed E-state index contributed by atoms with van der Waals surface area (Å²) in [6.45, 7) is -0.760. The summed E-state index contributed by atoms with van der Waals surface area (Å²) in [4.78, 5) is 9.90. The van der Waals surface area contributed by atoms with Gasteiger partial charge in [0.15, 0.2) is 6.29 Å². The highest BCUT2D eigenvalue weighted by molar-refractivity contribution is 5.56. The van der Waals surface area contributed by atoms with E-state index < -0.39 is 31.0 Å². The highest BCUT2D eigenvalue weighted by atomic mass is 16.4. The molecule has 0 bridgehead atoms. The molecule has 9 N–H and O–H groups in total. The van der Waals surface area contributed by atoms with Crippen molar-refractivity contribution in [3.05, 3.63) is 0 Å². The van der Waals surface area contributed by atoms with E-state index >= 15 is 0 Å². The number of rotatable bonds is 5. The van der Waals surface area contributed by atoms with Gasteiger partial charge in [-0.3, -0.25) is 0 Å². The Bertz CT molecular complexity index is 140. The number of aliphatic hydroxyl groups excluding tert-OH is 5. The molecule has 4 atom stereocenters. The quantitative estimate of drug-likeness (QED) is 0.286. The average Bonchev–Trinajstić information content (AvgIpc) is 2.12. The van der Waals surface area contributed by atoms with Crippen LogP contribution in [0.25, 0.3) is 0 Å². The van der Waals surface area contributed by atoms with Crippen molar-refractivity contribution in [2.45, 2.75) is 24.4 Å². The molecule has 0 aliphatic carbocycles. The molecular weight excluding hydrogens is 200 g/mol. The summed E-state index contributed by atoms with van der Waals surface area (Å²) in [6.07, 6.45) is -6.84. The smallest absolute Gasteiger partial charge is 0.151 e. The summed E-state index contributed by atoms with van der Waals surface area (Å²) < 4.78 is 0. The Morgan fingerprint density at radius 2 is 1.43 bits per heavy atom. The molecule has 0 radical (unpaired) electrons. The van der Waals surface area contributed by atoms with Crippen LogP contribution >= 0.6 is 0 Å². The molecule has 0 aliphatic heterocycles. The van der Waals surface area contributed by atoms with Crippen molar-refractivity contribution in [2.75, 3.05) is 6.61 Å². The third kappa shape index (κ3) is 5.19. The fourth-order valence-corrected chi connectivity index (χ4v) is 0.618. The van der Waals surface area contributed by atoms with Gasteiger partial charge in [0.05, 0.1) is 6.61 Å². The number of hydrogen-bond donors (Lipinski definition) is 5. The van der Waals surface area contributed by atoms with Gasteiger partial charge in [0.2, 0.25) is 0 Å². The van der Waals surface area contributed by atoms with Crippen LogP contribution in [0.15, 0.2) is 0 Å². The van der Waals surface area contributed by atoms with Crippen molar-refractivity contribution in [1.82, 2.24) is 0 Å². The van der Waals surface area contributed by atoms with E-state index in [-0.39, 0.29) is 17.2 Å². The Hall–Kier alpha value is -0.610. The lowest BCUT2D eigenvalue weighted by Gasteiger charge is -2.22. The predicted molar refractivity (Wildman–Crippen MR) is 44.4 cm³/mol. The van der Waals surface area contributed by atoms with Gasteiger partial charge in [0, 0.05) is 0 Å². The molecule has 14 heavy (non-hydrogen) atoms. The normalized spacial score (nSPS) is 18.1. The highest BCUT2D eigenvalue weighted by Crippen LogP contribution is 2.02. The molecule has 0 amide bonds. The van der Waals surface area contributed by atoms with Crippen LogP contribution in [-0.2, 0) is 4.79 Å². The van der Waals surface area contributed by atoms with Gasteiger partial charge >= 0.3 is 0 Å². The molecule has 0 saturated heterocycles. The van der Waals surface area contributed by atoms with Gasteiger partial charge in [-0.15, -0.1) is 0 Å². The first-order chi connectivity index (χ1) is 5.54. The fraction of sp³-hybridized carbons (Fsp3) is 0.833. The molecule has 0 fully saturated rings. The van der Waals surface area contributed by atoms with Crippen molar-refractivity contribution >= 4 is 6.29 Å². The molecule has 0 unspecified atom stereocenters. The first-order valence-corrected chi connectivity index (χ1v) is 3.33. The lowest BCUT2D eigenvalue weighted by atomic mass is 10.0. The minimum atomic E-state index is -1.79. The monoisotopic (exact) mass is 216 g/mol. The SMILES string of the molecule is O.O.O=C[C@H](O)[C@@H](O)[C@H](O)[C@H](O)CO. The van der Waals surface area contributed by atoms with Crippen molar-refractivity contribution in [2.24, 2.45) is 0 Å². The Morgan fingerprint density at radius 1 is 1.00 bits per heavy atom. The second kappa shape index (κ2) is 8.97. The summed E-state index contributed by atoms with van der Waals surface area (Å²) >= 11 is 0. The average molecular weight is 216 g/mol. The van der Waals surface area contributed by atoms with E-state index in [0.29, 0.717) is 0 Å². The van der Waals surface area contributed by atoms with Crippen molar-refractivity contribution < 1.29 is 41.3 Å². The van der Waals surface area contributed by atoms with Crippen molar-refractivity contribution in [3.63, 3.8) is 0 Å². The number of carbonyl (C=O) groups excluding carboxylic acids is 1. The van der Waals surface area contributed by atoms with Crippen LogP contribution in [-0.4, -0.2) is 73.8 Å². The molecule has 88 valence electrons. The van der Waals surface area contributed by atoms with Crippen LogP contribution in [0, 0.1) is 0 Å². The molecule has 0 aromatic heterocycles. The Morgan fingerprint density at radius 3 is 1.71 bits per heavy atom. The lowest BCUT2D eigenvalue weighted by Crippen LogP contribution is -2.46. The van der Waals surface area contributed by atoms with E-state index in [2.05, 4.69) is 0 Å². The first-order valence-electron chi connectivity index (χ1n) is 3.33. The highest BCUT2D eigenvalue weighted by Gasteiger charge is 2.29. The Balaban J connectivity index is -0.000000605. The van der Waals surface area contributed by atoms with Gasteiger partial charge in [0.1, 0.15) is 24.4 Å². The minimum absolute atomic E-state index is 0. The molecule has 0 spiro atoms. The standard InChI is InChI=1S/C6H12O6.2H2O/c7-1-3(9)5(11)6(12)4(10)2-8;;/h1,3-6,8-12H,2H2;2*1H2/t3-,4+,5+,6+;;/m0../s1. The van der Waals surface area contributed by atoms with Gasteiger partial charge in [-0.2, -0.15) is 0 Å². The molecule has 8 heteroatoms. The molecule has 0 aromatic rings. The zero-order valence-corrected chi connectivity index (χ0v) is 7.24. The van der Waals surface area contributed by atoms with Gasteiger partial charge in [-0.1, -0.05) is 0 Å². The second-order valence-corrected chi connectivity index (χ2v) is 2.36. The van der Waals surface area contributed by atoms with E-state index in [1.807, 2.05) is 0 Å². The third-order valence-corrected chi connectivity index (χ3v) is 1.42. The predicted octanol–water partition coefficient (Wildman–Crippen LogP) is -5.03. The van der Waals surface area contributed by atoms with Crippen LogP contribution in [0.3, 0.4) is 0 Å². The summed E-state index contributed by atoms with van der Waals surface area (Å²) in [6, 6.07) is 0. The second-order valence-electron chi connectivity index (χ2n) is 2.36.